The number of halogens is 2. The van der Waals surface area contributed by atoms with E-state index in [0.717, 1.165) is 11.3 Å². The van der Waals surface area contributed by atoms with E-state index >= 15 is 0 Å². The molecule has 1 aliphatic carbocycles. The van der Waals surface area contributed by atoms with Crippen molar-refractivity contribution >= 4 is 33.2 Å². The van der Waals surface area contributed by atoms with E-state index in [1.807, 2.05) is 20.8 Å². The second-order valence-electron chi connectivity index (χ2n) is 7.88. The molecule has 4 rings (SSSR count). The zero-order valence-corrected chi connectivity index (χ0v) is 16.4. The first-order valence-electron chi connectivity index (χ1n) is 8.59. The van der Waals surface area contributed by atoms with Crippen molar-refractivity contribution in [3.05, 3.63) is 50.0 Å². The average Bonchev–Trinajstić information content (AvgIpc) is 3.09. The highest BCUT2D eigenvalue weighted by molar-refractivity contribution is 9.10. The summed E-state index contributed by atoms with van der Waals surface area (Å²) in [6.07, 6.45) is 1.03. The van der Waals surface area contributed by atoms with E-state index in [1.54, 1.807) is 16.8 Å². The molecule has 0 saturated heterocycles. The Bertz CT molecular complexity index is 1010. The summed E-state index contributed by atoms with van der Waals surface area (Å²) in [5, 5.41) is 2.88. The van der Waals surface area contributed by atoms with Crippen molar-refractivity contribution in [2.45, 2.75) is 45.1 Å². The van der Waals surface area contributed by atoms with Gasteiger partial charge >= 0.3 is 0 Å². The van der Waals surface area contributed by atoms with Gasteiger partial charge in [0.15, 0.2) is 5.82 Å². The SMILES string of the molecule is CC(C)(C)n1[nH]c(=O)c2c1N=C1CCC(=O)C1C2c1ccc(F)c(Br)c1. The van der Waals surface area contributed by atoms with Gasteiger partial charge in [-0.2, -0.15) is 0 Å². The lowest BCUT2D eigenvalue weighted by atomic mass is 9.77. The van der Waals surface area contributed by atoms with Crippen LogP contribution in [0.5, 0.6) is 0 Å². The lowest BCUT2D eigenvalue weighted by Crippen LogP contribution is -2.30. The summed E-state index contributed by atoms with van der Waals surface area (Å²) >= 11 is 3.21. The number of carbonyl (C=O) groups excluding carboxylic acids is 1. The van der Waals surface area contributed by atoms with Gasteiger partial charge in [0, 0.05) is 18.1 Å². The predicted octanol–water partition coefficient (Wildman–Crippen LogP) is 4.03. The Morgan fingerprint density at radius 1 is 1.23 bits per heavy atom. The maximum atomic E-state index is 13.7. The van der Waals surface area contributed by atoms with Crippen molar-refractivity contribution in [2.75, 3.05) is 0 Å². The highest BCUT2D eigenvalue weighted by atomic mass is 79.9. The van der Waals surface area contributed by atoms with Crippen LogP contribution in [0.15, 0.2) is 32.5 Å². The minimum absolute atomic E-state index is 0.0859. The standard InChI is InChI=1S/C19H19BrFN3O2/c1-19(2,3)24-17-16(18(26)23-24)14(9-4-5-11(21)10(20)8-9)15-12(22-17)6-7-13(15)25/h4-5,8,14-15H,6-7H2,1-3H3,(H,23,26). The summed E-state index contributed by atoms with van der Waals surface area (Å²) in [6, 6.07) is 4.67. The van der Waals surface area contributed by atoms with Crippen LogP contribution in [0.3, 0.4) is 0 Å². The Hall–Kier alpha value is -2.02. The molecule has 2 heterocycles. The van der Waals surface area contributed by atoms with Gasteiger partial charge in [0.1, 0.15) is 11.6 Å². The van der Waals surface area contributed by atoms with Gasteiger partial charge in [-0.05, 0) is 60.8 Å². The molecular weight excluding hydrogens is 401 g/mol. The molecule has 2 aromatic rings. The minimum atomic E-state index is -0.447. The number of benzene rings is 1. The topological polar surface area (TPSA) is 67.2 Å². The normalized spacial score (nSPS) is 22.2. The first-order valence-corrected chi connectivity index (χ1v) is 9.38. The molecule has 1 fully saturated rings. The summed E-state index contributed by atoms with van der Waals surface area (Å²) in [5.74, 6) is -0.609. The Morgan fingerprint density at radius 2 is 1.96 bits per heavy atom. The van der Waals surface area contributed by atoms with E-state index in [2.05, 4.69) is 21.0 Å². The van der Waals surface area contributed by atoms with Crippen molar-refractivity contribution < 1.29 is 9.18 Å². The maximum Gasteiger partial charge on any atom is 0.270 e. The molecule has 0 amide bonds. The van der Waals surface area contributed by atoms with Crippen molar-refractivity contribution in [3.8, 4) is 0 Å². The van der Waals surface area contributed by atoms with E-state index in [0.29, 0.717) is 28.7 Å². The second kappa shape index (κ2) is 5.74. The number of hydrogen-bond acceptors (Lipinski definition) is 3. The van der Waals surface area contributed by atoms with Gasteiger partial charge in [0.25, 0.3) is 5.56 Å². The van der Waals surface area contributed by atoms with Crippen LogP contribution in [0.2, 0.25) is 0 Å². The summed E-state index contributed by atoms with van der Waals surface area (Å²) in [6.45, 7) is 5.95. The van der Waals surface area contributed by atoms with Crippen LogP contribution in [0, 0.1) is 11.7 Å². The number of fused-ring (bicyclic) bond motifs is 2. The number of aliphatic imine (C=N–C) groups is 1. The Kier molecular flexibility index (Phi) is 3.84. The van der Waals surface area contributed by atoms with E-state index in [4.69, 9.17) is 4.99 Å². The summed E-state index contributed by atoms with van der Waals surface area (Å²) < 4.78 is 15.8. The monoisotopic (exact) mass is 419 g/mol. The first-order chi connectivity index (χ1) is 12.2. The van der Waals surface area contributed by atoms with Crippen molar-refractivity contribution in [1.29, 1.82) is 0 Å². The quantitative estimate of drug-likeness (QED) is 0.757. The largest absolute Gasteiger partial charge is 0.299 e. The Balaban J connectivity index is 2.00. The van der Waals surface area contributed by atoms with Crippen LogP contribution in [-0.2, 0) is 10.3 Å². The van der Waals surface area contributed by atoms with Crippen LogP contribution < -0.4 is 5.56 Å². The number of rotatable bonds is 1. The molecule has 0 bridgehead atoms. The number of carbonyl (C=O) groups is 1. The molecule has 7 heteroatoms. The molecule has 136 valence electrons. The smallest absolute Gasteiger partial charge is 0.270 e. The zero-order valence-electron chi connectivity index (χ0n) is 14.8. The summed E-state index contributed by atoms with van der Waals surface area (Å²) in [7, 11) is 0. The average molecular weight is 420 g/mol. The van der Waals surface area contributed by atoms with Crippen LogP contribution in [0.25, 0.3) is 0 Å². The molecule has 1 N–H and O–H groups in total. The molecule has 1 aromatic heterocycles. The summed E-state index contributed by atoms with van der Waals surface area (Å²) in [5.41, 5.74) is 1.43. The minimum Gasteiger partial charge on any atom is -0.299 e. The molecule has 2 unspecified atom stereocenters. The Labute approximate surface area is 158 Å². The maximum absolute atomic E-state index is 13.7. The molecule has 1 saturated carbocycles. The molecule has 0 spiro atoms. The number of nitrogens with zero attached hydrogens (tertiary/aromatic N) is 2. The van der Waals surface area contributed by atoms with E-state index in [9.17, 15) is 14.0 Å². The fourth-order valence-corrected chi connectivity index (χ4v) is 4.33. The first kappa shape index (κ1) is 17.4. The van der Waals surface area contributed by atoms with Crippen LogP contribution in [0.4, 0.5) is 10.2 Å². The lowest BCUT2D eigenvalue weighted by Gasteiger charge is -2.29. The van der Waals surface area contributed by atoms with Crippen molar-refractivity contribution in [2.24, 2.45) is 10.9 Å². The van der Waals surface area contributed by atoms with Crippen molar-refractivity contribution in [3.63, 3.8) is 0 Å². The number of nitrogens with one attached hydrogen (secondary N) is 1. The number of ketones is 1. The van der Waals surface area contributed by atoms with Gasteiger partial charge in [-0.3, -0.25) is 19.4 Å². The number of H-pyrrole nitrogens is 1. The molecule has 1 aliphatic heterocycles. The molecule has 2 aliphatic rings. The number of hydrogen-bond donors (Lipinski definition) is 1. The molecule has 1 aromatic carbocycles. The van der Waals surface area contributed by atoms with Crippen LogP contribution in [0.1, 0.15) is 50.7 Å². The third kappa shape index (κ3) is 2.52. The van der Waals surface area contributed by atoms with Crippen LogP contribution >= 0.6 is 15.9 Å². The molecule has 0 radical (unpaired) electrons. The third-order valence-corrected chi connectivity index (χ3v) is 5.72. The molecule has 26 heavy (non-hydrogen) atoms. The highest BCUT2D eigenvalue weighted by Crippen LogP contribution is 2.46. The zero-order chi connectivity index (χ0) is 18.8. The van der Waals surface area contributed by atoms with E-state index in [1.165, 1.54) is 6.07 Å². The predicted molar refractivity (Wildman–Crippen MR) is 101 cm³/mol. The third-order valence-electron chi connectivity index (χ3n) is 5.11. The summed E-state index contributed by atoms with van der Waals surface area (Å²) in [4.78, 5) is 30.1. The van der Waals surface area contributed by atoms with E-state index < -0.39 is 11.8 Å². The number of Topliss-reactive ketones (excluding diaryl/α,β-unsaturated/α-hetero) is 1. The van der Waals surface area contributed by atoms with Crippen molar-refractivity contribution in [1.82, 2.24) is 9.78 Å². The van der Waals surface area contributed by atoms with E-state index in [-0.39, 0.29) is 22.7 Å². The van der Waals surface area contributed by atoms with Gasteiger partial charge in [0.05, 0.1) is 21.5 Å². The van der Waals surface area contributed by atoms with Gasteiger partial charge in [0.2, 0.25) is 0 Å². The Morgan fingerprint density at radius 3 is 2.62 bits per heavy atom. The molecular formula is C19H19BrFN3O2. The van der Waals surface area contributed by atoms with Gasteiger partial charge in [-0.1, -0.05) is 6.07 Å². The molecule has 2 atom stereocenters. The molecule has 5 nitrogen and oxygen atoms in total. The highest BCUT2D eigenvalue weighted by Gasteiger charge is 2.45. The number of aromatic nitrogens is 2. The fraction of sp³-hybridized carbons (Fsp3) is 0.421. The fourth-order valence-electron chi connectivity index (χ4n) is 3.93. The van der Waals surface area contributed by atoms with Gasteiger partial charge < -0.3 is 0 Å². The van der Waals surface area contributed by atoms with Gasteiger partial charge in [-0.15, -0.1) is 0 Å². The lowest BCUT2D eigenvalue weighted by molar-refractivity contribution is -0.120. The number of aromatic amines is 1. The van der Waals surface area contributed by atoms with Gasteiger partial charge in [-0.25, -0.2) is 9.38 Å². The van der Waals surface area contributed by atoms with Crippen LogP contribution in [-0.4, -0.2) is 21.3 Å². The second-order valence-corrected chi connectivity index (χ2v) is 8.74.